The lowest BCUT2D eigenvalue weighted by atomic mass is 10.0. The number of hydrogen-bond acceptors (Lipinski definition) is 6. The summed E-state index contributed by atoms with van der Waals surface area (Å²) in [7, 11) is 0. The number of anilines is 1. The van der Waals surface area contributed by atoms with Crippen molar-refractivity contribution in [1.29, 1.82) is 0 Å². The van der Waals surface area contributed by atoms with Crippen LogP contribution in [0.4, 0.5) is 10.5 Å². The van der Waals surface area contributed by atoms with Gasteiger partial charge in [0.05, 0.1) is 12.3 Å². The van der Waals surface area contributed by atoms with Crippen molar-refractivity contribution < 1.29 is 33.8 Å². The third-order valence-electron chi connectivity index (χ3n) is 5.29. The minimum absolute atomic E-state index is 0.117. The summed E-state index contributed by atoms with van der Waals surface area (Å²) in [4.78, 5) is 50.5. The third-order valence-corrected chi connectivity index (χ3v) is 5.29. The van der Waals surface area contributed by atoms with Crippen molar-refractivity contribution in [2.24, 2.45) is 0 Å². The molecule has 3 aromatic carbocycles. The van der Waals surface area contributed by atoms with Crippen LogP contribution in [0, 0.1) is 0 Å². The van der Waals surface area contributed by atoms with E-state index in [0.717, 1.165) is 10.5 Å². The minimum atomic E-state index is -1.22. The first-order chi connectivity index (χ1) is 17.4. The number of barbiturate groups is 1. The Bertz CT molecular complexity index is 1350. The number of rotatable bonds is 8. The molecule has 182 valence electrons. The lowest BCUT2D eigenvalue weighted by Gasteiger charge is -2.26. The first-order valence-corrected chi connectivity index (χ1v) is 11.1. The first-order valence-electron chi connectivity index (χ1n) is 11.1. The average molecular weight is 486 g/mol. The van der Waals surface area contributed by atoms with Crippen LogP contribution in [-0.4, -0.2) is 35.5 Å². The second kappa shape index (κ2) is 10.6. The van der Waals surface area contributed by atoms with Crippen molar-refractivity contribution in [2.45, 2.75) is 13.5 Å². The molecule has 1 fully saturated rings. The van der Waals surface area contributed by atoms with Gasteiger partial charge in [-0.25, -0.2) is 14.5 Å². The fraction of sp³-hybridized carbons (Fsp3) is 0.111. The number of carbonyl (C=O) groups excluding carboxylic acids is 3. The van der Waals surface area contributed by atoms with E-state index in [4.69, 9.17) is 9.47 Å². The minimum Gasteiger partial charge on any atom is -0.493 e. The second-order valence-corrected chi connectivity index (χ2v) is 7.72. The standard InChI is InChI=1S/C27H22N2O7/c1-2-35-23-13-8-18(14-21(23)26(32)33)15-22-24(30)28-27(34)29(25(22)31)19-9-11-20(12-10-19)36-16-17-6-4-3-5-7-17/h3-15H,2,16H2,1H3,(H,32,33)(H,28,30,34)/b22-15+. The topological polar surface area (TPSA) is 122 Å². The lowest BCUT2D eigenvalue weighted by Crippen LogP contribution is -2.54. The SMILES string of the molecule is CCOc1ccc(/C=C2\C(=O)NC(=O)N(c3ccc(OCc4ccccc4)cc3)C2=O)cc1C(=O)O. The number of aromatic carboxylic acids is 1. The molecule has 0 unspecified atom stereocenters. The van der Waals surface area contributed by atoms with Crippen LogP contribution in [0.2, 0.25) is 0 Å². The molecular formula is C27H22N2O7. The monoisotopic (exact) mass is 486 g/mol. The number of nitrogens with one attached hydrogen (secondary N) is 1. The van der Waals surface area contributed by atoms with Crippen molar-refractivity contribution in [1.82, 2.24) is 5.32 Å². The Morgan fingerprint density at radius 1 is 0.972 bits per heavy atom. The molecule has 1 heterocycles. The van der Waals surface area contributed by atoms with Crippen LogP contribution in [-0.2, 0) is 16.2 Å². The van der Waals surface area contributed by atoms with Gasteiger partial charge < -0.3 is 14.6 Å². The van der Waals surface area contributed by atoms with Gasteiger partial charge in [0.15, 0.2) is 0 Å². The molecule has 0 aromatic heterocycles. The number of ether oxygens (including phenoxy) is 2. The maximum absolute atomic E-state index is 13.1. The van der Waals surface area contributed by atoms with Gasteiger partial charge in [-0.15, -0.1) is 0 Å². The molecule has 9 nitrogen and oxygen atoms in total. The summed E-state index contributed by atoms with van der Waals surface area (Å²) in [5, 5.41) is 11.6. The molecule has 0 aliphatic carbocycles. The van der Waals surface area contributed by atoms with Crippen LogP contribution in [0.25, 0.3) is 6.08 Å². The Balaban J connectivity index is 1.57. The summed E-state index contributed by atoms with van der Waals surface area (Å²) < 4.78 is 11.1. The van der Waals surface area contributed by atoms with E-state index in [0.29, 0.717) is 12.4 Å². The molecule has 1 aliphatic rings. The Labute approximate surface area is 206 Å². The van der Waals surface area contributed by atoms with Crippen molar-refractivity contribution in [3.05, 3.63) is 95.1 Å². The molecule has 2 N–H and O–H groups in total. The van der Waals surface area contributed by atoms with E-state index in [1.165, 1.54) is 36.4 Å². The molecule has 0 spiro atoms. The second-order valence-electron chi connectivity index (χ2n) is 7.72. The Kier molecular flexibility index (Phi) is 7.10. The van der Waals surface area contributed by atoms with E-state index in [-0.39, 0.29) is 34.7 Å². The van der Waals surface area contributed by atoms with Gasteiger partial charge in [-0.05, 0) is 60.5 Å². The zero-order chi connectivity index (χ0) is 25.7. The van der Waals surface area contributed by atoms with Gasteiger partial charge in [-0.2, -0.15) is 0 Å². The quantitative estimate of drug-likeness (QED) is 0.364. The van der Waals surface area contributed by atoms with Gasteiger partial charge in [0.1, 0.15) is 29.2 Å². The zero-order valence-corrected chi connectivity index (χ0v) is 19.3. The number of hydrogen-bond donors (Lipinski definition) is 2. The first kappa shape index (κ1) is 24.2. The smallest absolute Gasteiger partial charge is 0.339 e. The Morgan fingerprint density at radius 3 is 2.36 bits per heavy atom. The highest BCUT2D eigenvalue weighted by atomic mass is 16.5. The van der Waals surface area contributed by atoms with Gasteiger partial charge >= 0.3 is 12.0 Å². The molecule has 3 aromatic rings. The highest BCUT2D eigenvalue weighted by Crippen LogP contribution is 2.26. The van der Waals surface area contributed by atoms with Crippen molar-refractivity contribution >= 4 is 35.6 Å². The summed E-state index contributed by atoms with van der Waals surface area (Å²) in [5.41, 5.74) is 1.07. The molecular weight excluding hydrogens is 464 g/mol. The molecule has 4 amide bonds. The number of carbonyl (C=O) groups is 4. The van der Waals surface area contributed by atoms with Crippen LogP contribution in [0.3, 0.4) is 0 Å². The van der Waals surface area contributed by atoms with Gasteiger partial charge in [0.25, 0.3) is 11.8 Å². The Hall–Kier alpha value is -4.92. The largest absolute Gasteiger partial charge is 0.493 e. The van der Waals surface area contributed by atoms with E-state index in [9.17, 15) is 24.3 Å². The number of carboxylic acid groups (broad SMARTS) is 1. The highest BCUT2D eigenvalue weighted by molar-refractivity contribution is 6.39. The summed E-state index contributed by atoms with van der Waals surface area (Å²) in [6, 6.07) is 19.2. The molecule has 0 saturated carbocycles. The van der Waals surface area contributed by atoms with Crippen LogP contribution in [0.15, 0.2) is 78.4 Å². The van der Waals surface area contributed by atoms with Gasteiger partial charge in [0, 0.05) is 0 Å². The number of benzene rings is 3. The number of carboxylic acids is 1. The van der Waals surface area contributed by atoms with Crippen LogP contribution < -0.4 is 19.7 Å². The lowest BCUT2D eigenvalue weighted by molar-refractivity contribution is -0.122. The molecule has 0 atom stereocenters. The predicted molar refractivity (Wildman–Crippen MR) is 131 cm³/mol. The van der Waals surface area contributed by atoms with E-state index in [2.05, 4.69) is 5.32 Å². The summed E-state index contributed by atoms with van der Waals surface area (Å²) in [6.07, 6.45) is 1.23. The molecule has 0 radical (unpaired) electrons. The molecule has 0 bridgehead atoms. The van der Waals surface area contributed by atoms with Crippen molar-refractivity contribution in [2.75, 3.05) is 11.5 Å². The zero-order valence-electron chi connectivity index (χ0n) is 19.3. The van der Waals surface area contributed by atoms with Crippen molar-refractivity contribution in [3.63, 3.8) is 0 Å². The summed E-state index contributed by atoms with van der Waals surface area (Å²) >= 11 is 0. The number of nitrogens with zero attached hydrogens (tertiary/aromatic N) is 1. The maximum Gasteiger partial charge on any atom is 0.339 e. The van der Waals surface area contributed by atoms with Crippen molar-refractivity contribution in [3.8, 4) is 11.5 Å². The fourth-order valence-corrected chi connectivity index (χ4v) is 3.58. The fourth-order valence-electron chi connectivity index (χ4n) is 3.58. The molecule has 9 heteroatoms. The average Bonchev–Trinajstić information content (AvgIpc) is 2.87. The van der Waals surface area contributed by atoms with E-state index in [1.54, 1.807) is 19.1 Å². The molecule has 1 aliphatic heterocycles. The number of imide groups is 2. The maximum atomic E-state index is 13.1. The van der Waals surface area contributed by atoms with Gasteiger partial charge in [-0.3, -0.25) is 14.9 Å². The highest BCUT2D eigenvalue weighted by Gasteiger charge is 2.36. The van der Waals surface area contributed by atoms with E-state index in [1.807, 2.05) is 30.3 Å². The Morgan fingerprint density at radius 2 is 1.69 bits per heavy atom. The van der Waals surface area contributed by atoms with Crippen LogP contribution in [0.5, 0.6) is 11.5 Å². The molecule has 36 heavy (non-hydrogen) atoms. The summed E-state index contributed by atoms with van der Waals surface area (Å²) in [5.74, 6) is -2.24. The van der Waals surface area contributed by atoms with Gasteiger partial charge in [-0.1, -0.05) is 36.4 Å². The third kappa shape index (κ3) is 5.25. The van der Waals surface area contributed by atoms with Crippen LogP contribution >= 0.6 is 0 Å². The predicted octanol–water partition coefficient (Wildman–Crippen LogP) is 4.03. The van der Waals surface area contributed by atoms with E-state index < -0.39 is 23.8 Å². The normalized spacial score (nSPS) is 14.5. The molecule has 4 rings (SSSR count). The number of amides is 4. The van der Waals surface area contributed by atoms with E-state index >= 15 is 0 Å². The summed E-state index contributed by atoms with van der Waals surface area (Å²) in [6.45, 7) is 2.35. The number of urea groups is 1. The van der Waals surface area contributed by atoms with Gasteiger partial charge in [0.2, 0.25) is 0 Å². The molecule has 1 saturated heterocycles. The van der Waals surface area contributed by atoms with Crippen LogP contribution in [0.1, 0.15) is 28.4 Å².